The van der Waals surface area contributed by atoms with Crippen LogP contribution >= 0.6 is 0 Å². The summed E-state index contributed by atoms with van der Waals surface area (Å²) in [6.07, 6.45) is 3.16. The van der Waals surface area contributed by atoms with Gasteiger partial charge in [0.2, 0.25) is 0 Å². The average Bonchev–Trinajstić information content (AvgIpc) is 3.14. The van der Waals surface area contributed by atoms with E-state index in [0.29, 0.717) is 24.4 Å². The summed E-state index contributed by atoms with van der Waals surface area (Å²) >= 11 is 0. The fourth-order valence-electron chi connectivity index (χ4n) is 2.61. The number of aromatic amines is 1. The third kappa shape index (κ3) is 2.77. The van der Waals surface area contributed by atoms with Crippen molar-refractivity contribution < 1.29 is 18.6 Å². The van der Waals surface area contributed by atoms with E-state index >= 15 is 0 Å². The molecule has 7 nitrogen and oxygen atoms in total. The number of carbonyl (C=O) groups excluding carboxylic acids is 1. The number of anilines is 1. The molecular weight excluding hydrogens is 296 g/mol. The van der Waals surface area contributed by atoms with Crippen molar-refractivity contribution in [3.63, 3.8) is 0 Å². The smallest absolute Gasteiger partial charge is 0.352 e. The number of esters is 1. The summed E-state index contributed by atoms with van der Waals surface area (Å²) in [5, 5.41) is 7.34. The van der Waals surface area contributed by atoms with Gasteiger partial charge in [-0.25, -0.2) is 9.89 Å². The van der Waals surface area contributed by atoms with Gasteiger partial charge in [-0.1, -0.05) is 0 Å². The van der Waals surface area contributed by atoms with E-state index in [2.05, 4.69) is 15.4 Å². The van der Waals surface area contributed by atoms with Gasteiger partial charge in [0, 0.05) is 0 Å². The summed E-state index contributed by atoms with van der Waals surface area (Å²) in [6, 6.07) is 3.70. The Morgan fingerprint density at radius 2 is 2.35 bits per heavy atom. The number of fused-ring (bicyclic) bond motifs is 1. The minimum absolute atomic E-state index is 0.314. The van der Waals surface area contributed by atoms with Gasteiger partial charge < -0.3 is 14.5 Å². The number of nitrogens with one attached hydrogen (secondary N) is 2. The number of carbonyl (C=O) groups is 1. The predicted octanol–water partition coefficient (Wildman–Crippen LogP) is 2.08. The van der Waals surface area contributed by atoms with Crippen LogP contribution in [0.15, 0.2) is 29.0 Å². The maximum Gasteiger partial charge on any atom is 0.352 e. The molecule has 0 aliphatic heterocycles. The molecule has 0 spiro atoms. The van der Waals surface area contributed by atoms with E-state index in [1.54, 1.807) is 13.2 Å². The second-order valence-corrected chi connectivity index (χ2v) is 5.19. The molecule has 7 heteroatoms. The lowest BCUT2D eigenvalue weighted by molar-refractivity contribution is -0.704. The van der Waals surface area contributed by atoms with Gasteiger partial charge in [0.15, 0.2) is 6.20 Å². The van der Waals surface area contributed by atoms with Gasteiger partial charge in [0.25, 0.3) is 0 Å². The summed E-state index contributed by atoms with van der Waals surface area (Å²) in [7, 11) is 1.88. The Morgan fingerprint density at radius 3 is 3.04 bits per heavy atom. The first kappa shape index (κ1) is 15.1. The number of aryl methyl sites for hydroxylation is 2. The number of aromatic nitrogens is 3. The van der Waals surface area contributed by atoms with Crippen molar-refractivity contribution in [3.05, 3.63) is 41.6 Å². The Balaban J connectivity index is 2.08. The molecule has 0 fully saturated rings. The molecule has 0 saturated heterocycles. The Bertz CT molecular complexity index is 837. The van der Waals surface area contributed by atoms with Crippen molar-refractivity contribution in [2.45, 2.75) is 20.4 Å². The molecule has 3 aromatic rings. The molecule has 2 N–H and O–H groups in total. The van der Waals surface area contributed by atoms with E-state index in [9.17, 15) is 4.79 Å². The van der Waals surface area contributed by atoms with Crippen molar-refractivity contribution in [2.75, 3.05) is 11.9 Å². The van der Waals surface area contributed by atoms with E-state index in [-0.39, 0.29) is 0 Å². The number of ether oxygens (including phenoxy) is 1. The van der Waals surface area contributed by atoms with Crippen molar-refractivity contribution in [2.24, 2.45) is 7.05 Å². The second-order valence-electron chi connectivity index (χ2n) is 5.19. The standard InChI is InChI=1S/C16H18N4O3/c1-4-22-16(21)12-9-18-15-13(10(2)19-20(15)3)14(12)17-8-11-6-5-7-23-11/h5-7,9H,4,8H2,1-3H3,(H,17,18,19,21)/p+1. The summed E-state index contributed by atoms with van der Waals surface area (Å²) in [5.74, 6) is 0.384. The molecule has 3 heterocycles. The minimum atomic E-state index is -0.396. The van der Waals surface area contributed by atoms with Crippen LogP contribution in [0.1, 0.15) is 28.7 Å². The molecule has 0 aromatic carbocycles. The van der Waals surface area contributed by atoms with Crippen LogP contribution in [-0.4, -0.2) is 22.7 Å². The number of hydrogen-bond donors (Lipinski definition) is 2. The molecule has 0 aliphatic carbocycles. The lowest BCUT2D eigenvalue weighted by Gasteiger charge is -2.09. The summed E-state index contributed by atoms with van der Waals surface area (Å²) < 4.78 is 12.3. The van der Waals surface area contributed by atoms with Gasteiger partial charge in [0.1, 0.15) is 23.8 Å². The van der Waals surface area contributed by atoms with Gasteiger partial charge >= 0.3 is 11.6 Å². The first-order chi connectivity index (χ1) is 11.1. The Hall–Kier alpha value is -2.83. The second kappa shape index (κ2) is 6.12. The summed E-state index contributed by atoms with van der Waals surface area (Å²) in [6.45, 7) is 4.50. The first-order valence-corrected chi connectivity index (χ1v) is 7.42. The zero-order valence-electron chi connectivity index (χ0n) is 13.3. The molecule has 0 saturated carbocycles. The van der Waals surface area contributed by atoms with Crippen LogP contribution < -0.4 is 10.00 Å². The van der Waals surface area contributed by atoms with E-state index in [4.69, 9.17) is 9.15 Å². The molecule has 23 heavy (non-hydrogen) atoms. The summed E-state index contributed by atoms with van der Waals surface area (Å²) in [4.78, 5) is 16.6. The number of furan rings is 1. The zero-order chi connectivity index (χ0) is 16.4. The predicted molar refractivity (Wildman–Crippen MR) is 84.0 cm³/mol. The molecule has 3 rings (SSSR count). The molecule has 3 aromatic heterocycles. The van der Waals surface area contributed by atoms with Crippen LogP contribution in [0, 0.1) is 6.92 Å². The minimum Gasteiger partial charge on any atom is -0.467 e. The van der Waals surface area contributed by atoms with Crippen LogP contribution in [0.2, 0.25) is 0 Å². The van der Waals surface area contributed by atoms with Crippen LogP contribution in [0.4, 0.5) is 5.69 Å². The van der Waals surface area contributed by atoms with E-state index in [1.165, 1.54) is 6.20 Å². The lowest BCUT2D eigenvalue weighted by atomic mass is 10.1. The van der Waals surface area contributed by atoms with Gasteiger partial charge in [-0.15, -0.1) is 0 Å². The number of pyridine rings is 1. The molecule has 0 radical (unpaired) electrons. The molecular formula is C16H19N4O3+. The molecule has 0 bridgehead atoms. The van der Waals surface area contributed by atoms with Crippen LogP contribution in [0.3, 0.4) is 0 Å². The van der Waals surface area contributed by atoms with Gasteiger partial charge in [-0.2, -0.15) is 4.68 Å². The maximum atomic E-state index is 12.2. The van der Waals surface area contributed by atoms with E-state index in [1.807, 2.05) is 30.8 Å². The number of nitrogens with zero attached hydrogens (tertiary/aromatic N) is 2. The fourth-order valence-corrected chi connectivity index (χ4v) is 2.61. The largest absolute Gasteiger partial charge is 0.467 e. The molecule has 0 unspecified atom stereocenters. The third-order valence-corrected chi connectivity index (χ3v) is 3.60. The SMILES string of the molecule is CCOC(=O)c1cnc2c(c(C)[nH][n+]2C)c1NCc1ccco1. The van der Waals surface area contributed by atoms with Crippen LogP contribution in [0.25, 0.3) is 11.0 Å². The maximum absolute atomic E-state index is 12.2. The Kier molecular flexibility index (Phi) is 4.01. The quantitative estimate of drug-likeness (QED) is 0.556. The van der Waals surface area contributed by atoms with Crippen molar-refractivity contribution in [3.8, 4) is 0 Å². The zero-order valence-corrected chi connectivity index (χ0v) is 13.3. The highest BCUT2D eigenvalue weighted by molar-refractivity contribution is 6.04. The van der Waals surface area contributed by atoms with E-state index < -0.39 is 5.97 Å². The van der Waals surface area contributed by atoms with Crippen LogP contribution in [-0.2, 0) is 18.3 Å². The van der Waals surface area contributed by atoms with E-state index in [0.717, 1.165) is 22.5 Å². The molecule has 0 atom stereocenters. The monoisotopic (exact) mass is 315 g/mol. The van der Waals surface area contributed by atoms with Crippen LogP contribution in [0.5, 0.6) is 0 Å². The molecule has 120 valence electrons. The fraction of sp³-hybridized carbons (Fsp3) is 0.312. The van der Waals surface area contributed by atoms with Gasteiger partial charge in [0.05, 0.1) is 30.8 Å². The third-order valence-electron chi connectivity index (χ3n) is 3.60. The first-order valence-electron chi connectivity index (χ1n) is 7.42. The van der Waals surface area contributed by atoms with Crippen molar-refractivity contribution >= 4 is 22.7 Å². The van der Waals surface area contributed by atoms with Gasteiger partial charge in [-0.05, 0) is 31.0 Å². The highest BCUT2D eigenvalue weighted by atomic mass is 16.5. The molecule has 0 amide bonds. The lowest BCUT2D eigenvalue weighted by Crippen LogP contribution is -2.31. The van der Waals surface area contributed by atoms with Crippen molar-refractivity contribution in [1.29, 1.82) is 0 Å². The highest BCUT2D eigenvalue weighted by Crippen LogP contribution is 2.28. The highest BCUT2D eigenvalue weighted by Gasteiger charge is 2.25. The summed E-state index contributed by atoms with van der Waals surface area (Å²) in [5.41, 5.74) is 2.79. The van der Waals surface area contributed by atoms with Gasteiger partial charge in [-0.3, -0.25) is 0 Å². The number of rotatable bonds is 5. The Morgan fingerprint density at radius 1 is 1.52 bits per heavy atom. The number of H-pyrrole nitrogens is 1. The normalized spacial score (nSPS) is 10.9. The van der Waals surface area contributed by atoms with Crippen molar-refractivity contribution in [1.82, 2.24) is 10.1 Å². The number of hydrogen-bond acceptors (Lipinski definition) is 5. The topological polar surface area (TPSA) is 84.0 Å². The Labute approximate surface area is 133 Å². The average molecular weight is 315 g/mol. The molecule has 0 aliphatic rings.